The van der Waals surface area contributed by atoms with Crippen molar-refractivity contribution in [1.82, 2.24) is 10.3 Å². The summed E-state index contributed by atoms with van der Waals surface area (Å²) in [5.41, 5.74) is 3.36. The SMILES string of the molecule is Cc1ccccc1-c1csc(NC(=O)CNC(=O)c2cccc(Cl)c2)n1. The molecule has 2 amide bonds. The predicted octanol–water partition coefficient (Wildman–Crippen LogP) is 4.14. The zero-order chi connectivity index (χ0) is 18.5. The van der Waals surface area contributed by atoms with Gasteiger partial charge < -0.3 is 10.6 Å². The highest BCUT2D eigenvalue weighted by atomic mass is 35.5. The highest BCUT2D eigenvalue weighted by Gasteiger charge is 2.11. The number of aryl methyl sites for hydroxylation is 1. The van der Waals surface area contributed by atoms with E-state index in [1.54, 1.807) is 24.3 Å². The number of hydrogen-bond acceptors (Lipinski definition) is 4. The summed E-state index contributed by atoms with van der Waals surface area (Å²) in [4.78, 5) is 28.5. The zero-order valence-electron chi connectivity index (χ0n) is 14.0. The number of benzene rings is 2. The average molecular weight is 386 g/mol. The van der Waals surface area contributed by atoms with E-state index in [1.807, 2.05) is 36.6 Å². The second-order valence-corrected chi connectivity index (χ2v) is 6.89. The molecule has 0 unspecified atom stereocenters. The molecule has 1 heterocycles. The Labute approximate surface area is 160 Å². The maximum absolute atomic E-state index is 12.0. The van der Waals surface area contributed by atoms with E-state index in [4.69, 9.17) is 11.6 Å². The first-order chi connectivity index (χ1) is 12.5. The second kappa shape index (κ2) is 8.12. The largest absolute Gasteiger partial charge is 0.343 e. The lowest BCUT2D eigenvalue weighted by atomic mass is 10.1. The lowest BCUT2D eigenvalue weighted by molar-refractivity contribution is -0.115. The molecule has 2 aromatic carbocycles. The van der Waals surface area contributed by atoms with Gasteiger partial charge in [0, 0.05) is 21.5 Å². The number of thiazole rings is 1. The van der Waals surface area contributed by atoms with Crippen molar-refractivity contribution in [2.45, 2.75) is 6.92 Å². The number of halogens is 1. The van der Waals surface area contributed by atoms with Gasteiger partial charge in [-0.05, 0) is 30.7 Å². The maximum atomic E-state index is 12.0. The molecule has 0 bridgehead atoms. The van der Waals surface area contributed by atoms with E-state index >= 15 is 0 Å². The minimum Gasteiger partial charge on any atom is -0.343 e. The summed E-state index contributed by atoms with van der Waals surface area (Å²) in [6.07, 6.45) is 0. The number of nitrogens with zero attached hydrogens (tertiary/aromatic N) is 1. The molecule has 0 atom stereocenters. The van der Waals surface area contributed by atoms with Crippen LogP contribution in [0.2, 0.25) is 5.02 Å². The maximum Gasteiger partial charge on any atom is 0.251 e. The molecule has 0 aliphatic heterocycles. The van der Waals surface area contributed by atoms with E-state index in [0.29, 0.717) is 15.7 Å². The molecule has 3 rings (SSSR count). The summed E-state index contributed by atoms with van der Waals surface area (Å²) in [6.45, 7) is 1.86. The molecule has 3 aromatic rings. The van der Waals surface area contributed by atoms with Crippen LogP contribution in [0.4, 0.5) is 5.13 Å². The van der Waals surface area contributed by atoms with Gasteiger partial charge in [-0.25, -0.2) is 4.98 Å². The summed E-state index contributed by atoms with van der Waals surface area (Å²) in [6, 6.07) is 14.5. The number of carbonyl (C=O) groups excluding carboxylic acids is 2. The normalized spacial score (nSPS) is 10.4. The standard InChI is InChI=1S/C19H16ClN3O2S/c1-12-5-2-3-8-15(12)16-11-26-19(22-16)23-17(24)10-21-18(25)13-6-4-7-14(20)9-13/h2-9,11H,10H2,1H3,(H,21,25)(H,22,23,24). The summed E-state index contributed by atoms with van der Waals surface area (Å²) < 4.78 is 0. The predicted molar refractivity (Wildman–Crippen MR) is 105 cm³/mol. The van der Waals surface area contributed by atoms with Crippen LogP contribution in [0, 0.1) is 6.92 Å². The molecule has 26 heavy (non-hydrogen) atoms. The molecule has 2 N–H and O–H groups in total. The third-order valence-electron chi connectivity index (χ3n) is 3.67. The molecule has 0 saturated heterocycles. The number of carbonyl (C=O) groups is 2. The Balaban J connectivity index is 1.57. The summed E-state index contributed by atoms with van der Waals surface area (Å²) in [5.74, 6) is -0.701. The molecule has 0 saturated carbocycles. The first-order valence-electron chi connectivity index (χ1n) is 7.88. The Kier molecular flexibility index (Phi) is 5.65. The fourth-order valence-corrected chi connectivity index (χ4v) is 3.29. The highest BCUT2D eigenvalue weighted by molar-refractivity contribution is 7.14. The van der Waals surface area contributed by atoms with Crippen LogP contribution < -0.4 is 10.6 Å². The zero-order valence-corrected chi connectivity index (χ0v) is 15.5. The number of aromatic nitrogens is 1. The number of nitrogens with one attached hydrogen (secondary N) is 2. The molecule has 132 valence electrons. The monoisotopic (exact) mass is 385 g/mol. The Morgan fingerprint density at radius 3 is 2.73 bits per heavy atom. The van der Waals surface area contributed by atoms with Crippen molar-refractivity contribution in [2.75, 3.05) is 11.9 Å². The van der Waals surface area contributed by atoms with Gasteiger partial charge in [0.2, 0.25) is 5.91 Å². The van der Waals surface area contributed by atoms with Gasteiger partial charge in [0.05, 0.1) is 12.2 Å². The topological polar surface area (TPSA) is 71.1 Å². The molecule has 5 nitrogen and oxygen atoms in total. The molecule has 0 fully saturated rings. The smallest absolute Gasteiger partial charge is 0.251 e. The fourth-order valence-electron chi connectivity index (χ4n) is 2.37. The van der Waals surface area contributed by atoms with E-state index < -0.39 is 0 Å². The molecular formula is C19H16ClN3O2S. The van der Waals surface area contributed by atoms with Gasteiger partial charge in [0.1, 0.15) is 0 Å². The van der Waals surface area contributed by atoms with Gasteiger partial charge in [-0.1, -0.05) is 41.9 Å². The molecular weight excluding hydrogens is 370 g/mol. The Bertz CT molecular complexity index is 955. The third-order valence-corrected chi connectivity index (χ3v) is 4.66. The summed E-state index contributed by atoms with van der Waals surface area (Å²) >= 11 is 7.20. The van der Waals surface area contributed by atoms with Crippen molar-refractivity contribution in [3.05, 3.63) is 70.1 Å². The Morgan fingerprint density at radius 2 is 1.96 bits per heavy atom. The summed E-state index contributed by atoms with van der Waals surface area (Å²) in [7, 11) is 0. The van der Waals surface area contributed by atoms with E-state index in [1.165, 1.54) is 11.3 Å². The minimum atomic E-state index is -0.359. The van der Waals surface area contributed by atoms with E-state index in [-0.39, 0.29) is 18.4 Å². The van der Waals surface area contributed by atoms with Crippen LogP contribution >= 0.6 is 22.9 Å². The van der Waals surface area contributed by atoms with Crippen molar-refractivity contribution in [1.29, 1.82) is 0 Å². The van der Waals surface area contributed by atoms with Crippen LogP contribution in [0.15, 0.2) is 53.9 Å². The number of amides is 2. The van der Waals surface area contributed by atoms with Gasteiger partial charge in [-0.2, -0.15) is 0 Å². The van der Waals surface area contributed by atoms with E-state index in [9.17, 15) is 9.59 Å². The minimum absolute atomic E-state index is 0.148. The van der Waals surface area contributed by atoms with Gasteiger partial charge in [-0.15, -0.1) is 11.3 Å². The van der Waals surface area contributed by atoms with Crippen LogP contribution in [0.25, 0.3) is 11.3 Å². The number of hydrogen-bond donors (Lipinski definition) is 2. The van der Waals surface area contributed by atoms with Crippen LogP contribution in [0.3, 0.4) is 0 Å². The number of rotatable bonds is 5. The first-order valence-corrected chi connectivity index (χ1v) is 9.14. The van der Waals surface area contributed by atoms with Crippen molar-refractivity contribution >= 4 is 39.9 Å². The number of anilines is 1. The third kappa shape index (κ3) is 4.47. The second-order valence-electron chi connectivity index (χ2n) is 5.59. The average Bonchev–Trinajstić information content (AvgIpc) is 3.08. The summed E-state index contributed by atoms with van der Waals surface area (Å²) in [5, 5.41) is 8.11. The van der Waals surface area contributed by atoms with E-state index in [2.05, 4.69) is 15.6 Å². The van der Waals surface area contributed by atoms with Gasteiger partial charge >= 0.3 is 0 Å². The van der Waals surface area contributed by atoms with Gasteiger partial charge in [0.15, 0.2) is 5.13 Å². The first kappa shape index (κ1) is 18.1. The van der Waals surface area contributed by atoms with Crippen molar-refractivity contribution < 1.29 is 9.59 Å². The molecule has 0 radical (unpaired) electrons. The van der Waals surface area contributed by atoms with Crippen molar-refractivity contribution in [3.8, 4) is 11.3 Å². The van der Waals surface area contributed by atoms with Gasteiger partial charge in [0.25, 0.3) is 5.91 Å². The lowest BCUT2D eigenvalue weighted by Crippen LogP contribution is -2.32. The molecule has 0 aliphatic rings. The van der Waals surface area contributed by atoms with Crippen LogP contribution in [-0.4, -0.2) is 23.3 Å². The van der Waals surface area contributed by atoms with Crippen LogP contribution in [0.1, 0.15) is 15.9 Å². The fraction of sp³-hybridized carbons (Fsp3) is 0.105. The molecule has 0 aliphatic carbocycles. The van der Waals surface area contributed by atoms with Crippen molar-refractivity contribution in [3.63, 3.8) is 0 Å². The Hall–Kier alpha value is -2.70. The van der Waals surface area contributed by atoms with Gasteiger partial charge in [-0.3, -0.25) is 9.59 Å². The lowest BCUT2D eigenvalue weighted by Gasteiger charge is -2.05. The van der Waals surface area contributed by atoms with Crippen LogP contribution in [0.5, 0.6) is 0 Å². The van der Waals surface area contributed by atoms with Crippen molar-refractivity contribution in [2.24, 2.45) is 0 Å². The Morgan fingerprint density at radius 1 is 1.15 bits per heavy atom. The van der Waals surface area contributed by atoms with E-state index in [0.717, 1.165) is 16.8 Å². The quantitative estimate of drug-likeness (QED) is 0.693. The molecule has 0 spiro atoms. The highest BCUT2D eigenvalue weighted by Crippen LogP contribution is 2.27. The molecule has 7 heteroatoms. The van der Waals surface area contributed by atoms with Crippen LogP contribution in [-0.2, 0) is 4.79 Å². The molecule has 1 aromatic heterocycles.